The molecular weight excluding hydrogens is 208 g/mol. The molecule has 0 amide bonds. The number of hydrogen-bond acceptors (Lipinski definition) is 1. The molecule has 0 saturated heterocycles. The molecule has 17 heavy (non-hydrogen) atoms. The number of allylic oxidation sites excluding steroid dienone is 4. The molecule has 0 N–H and O–H groups in total. The van der Waals surface area contributed by atoms with Gasteiger partial charge in [0.2, 0.25) is 0 Å². The van der Waals surface area contributed by atoms with Gasteiger partial charge in [0, 0.05) is 5.92 Å². The topological polar surface area (TPSA) is 17.1 Å². The fourth-order valence-electron chi connectivity index (χ4n) is 3.28. The Morgan fingerprint density at radius 3 is 2.41 bits per heavy atom. The molecule has 0 saturated carbocycles. The Morgan fingerprint density at radius 1 is 1.29 bits per heavy atom. The number of Topliss-reactive ketones (excluding diaryl/α,β-unsaturated/α-hetero) is 1. The van der Waals surface area contributed by atoms with Crippen LogP contribution < -0.4 is 0 Å². The average Bonchev–Trinajstić information content (AvgIpc) is 2.54. The van der Waals surface area contributed by atoms with Gasteiger partial charge in [0.15, 0.2) is 0 Å². The van der Waals surface area contributed by atoms with E-state index in [1.165, 1.54) is 12.0 Å². The first kappa shape index (κ1) is 12.6. The van der Waals surface area contributed by atoms with Gasteiger partial charge in [-0.25, -0.2) is 0 Å². The quantitative estimate of drug-likeness (QED) is 0.649. The molecule has 2 rings (SSSR count). The van der Waals surface area contributed by atoms with Crippen LogP contribution in [0.4, 0.5) is 0 Å². The summed E-state index contributed by atoms with van der Waals surface area (Å²) < 4.78 is 0. The summed E-state index contributed by atoms with van der Waals surface area (Å²) in [6.07, 6.45) is 9.09. The van der Waals surface area contributed by atoms with Crippen LogP contribution in [-0.2, 0) is 4.79 Å². The van der Waals surface area contributed by atoms with Crippen LogP contribution in [0.25, 0.3) is 0 Å². The minimum Gasteiger partial charge on any atom is -0.300 e. The summed E-state index contributed by atoms with van der Waals surface area (Å²) in [7, 11) is 0. The highest BCUT2D eigenvalue weighted by Crippen LogP contribution is 2.48. The van der Waals surface area contributed by atoms with E-state index < -0.39 is 0 Å². The van der Waals surface area contributed by atoms with Gasteiger partial charge in [0.05, 0.1) is 0 Å². The summed E-state index contributed by atoms with van der Waals surface area (Å²) in [4.78, 5) is 11.4. The van der Waals surface area contributed by atoms with E-state index in [9.17, 15) is 4.79 Å². The van der Waals surface area contributed by atoms with Gasteiger partial charge < -0.3 is 0 Å². The molecule has 2 atom stereocenters. The molecule has 0 aromatic rings. The van der Waals surface area contributed by atoms with Crippen LogP contribution in [0.3, 0.4) is 0 Å². The summed E-state index contributed by atoms with van der Waals surface area (Å²) in [6.45, 7) is 8.69. The molecule has 1 nitrogen and oxygen atoms in total. The van der Waals surface area contributed by atoms with Crippen molar-refractivity contribution in [3.63, 3.8) is 0 Å². The van der Waals surface area contributed by atoms with Crippen LogP contribution >= 0.6 is 0 Å². The number of carbonyl (C=O) groups excluding carboxylic acids is 1. The Balaban J connectivity index is 2.09. The van der Waals surface area contributed by atoms with Crippen LogP contribution in [0.15, 0.2) is 23.3 Å². The van der Waals surface area contributed by atoms with Gasteiger partial charge in [0.25, 0.3) is 0 Å². The summed E-state index contributed by atoms with van der Waals surface area (Å²) in [5.41, 5.74) is 3.44. The van der Waals surface area contributed by atoms with E-state index in [0.717, 1.165) is 19.3 Å². The second kappa shape index (κ2) is 4.44. The molecule has 0 bridgehead atoms. The second-order valence-corrected chi connectivity index (χ2v) is 6.26. The van der Waals surface area contributed by atoms with E-state index in [0.29, 0.717) is 17.1 Å². The number of carbonyl (C=O) groups is 1. The minimum atomic E-state index is 0.289. The molecule has 2 aliphatic carbocycles. The highest BCUT2D eigenvalue weighted by molar-refractivity contribution is 5.78. The summed E-state index contributed by atoms with van der Waals surface area (Å²) in [6, 6.07) is 0. The lowest BCUT2D eigenvalue weighted by Crippen LogP contribution is -2.25. The van der Waals surface area contributed by atoms with Crippen LogP contribution in [0.1, 0.15) is 53.4 Å². The Bertz CT molecular complexity index is 384. The van der Waals surface area contributed by atoms with E-state index in [2.05, 4.69) is 32.9 Å². The predicted octanol–water partition coefficient (Wildman–Crippen LogP) is 4.29. The maximum atomic E-state index is 11.4. The molecule has 0 aliphatic heterocycles. The Morgan fingerprint density at radius 2 is 2.00 bits per heavy atom. The molecular formula is C16H24O. The first-order valence-corrected chi connectivity index (χ1v) is 6.79. The van der Waals surface area contributed by atoms with Crippen molar-refractivity contribution in [2.45, 2.75) is 53.4 Å². The van der Waals surface area contributed by atoms with Crippen molar-refractivity contribution in [3.05, 3.63) is 23.3 Å². The molecule has 0 aromatic carbocycles. The van der Waals surface area contributed by atoms with Crippen molar-refractivity contribution < 1.29 is 4.79 Å². The van der Waals surface area contributed by atoms with Crippen molar-refractivity contribution in [2.24, 2.45) is 17.3 Å². The zero-order chi connectivity index (χ0) is 12.6. The smallest absolute Gasteiger partial charge is 0.133 e. The lowest BCUT2D eigenvalue weighted by Gasteiger charge is -2.34. The van der Waals surface area contributed by atoms with Crippen LogP contribution in [0.2, 0.25) is 0 Å². The normalized spacial score (nSPS) is 32.0. The summed E-state index contributed by atoms with van der Waals surface area (Å²) >= 11 is 0. The Hall–Kier alpha value is -0.850. The van der Waals surface area contributed by atoms with Gasteiger partial charge in [-0.1, -0.05) is 37.1 Å². The van der Waals surface area contributed by atoms with Crippen molar-refractivity contribution in [1.82, 2.24) is 0 Å². The van der Waals surface area contributed by atoms with Gasteiger partial charge in [-0.2, -0.15) is 0 Å². The van der Waals surface area contributed by atoms with E-state index >= 15 is 0 Å². The fraction of sp³-hybridized carbons (Fsp3) is 0.688. The van der Waals surface area contributed by atoms with Gasteiger partial charge in [0.1, 0.15) is 5.78 Å². The lowest BCUT2D eigenvalue weighted by molar-refractivity contribution is -0.120. The van der Waals surface area contributed by atoms with Crippen LogP contribution in [-0.4, -0.2) is 5.78 Å². The number of hydrogen-bond donors (Lipinski definition) is 0. The van der Waals surface area contributed by atoms with E-state index in [1.54, 1.807) is 12.5 Å². The molecule has 0 heterocycles. The highest BCUT2D eigenvalue weighted by Gasteiger charge is 2.37. The molecule has 1 heteroatoms. The Kier molecular flexibility index (Phi) is 3.29. The van der Waals surface area contributed by atoms with Gasteiger partial charge in [-0.3, -0.25) is 4.79 Å². The predicted molar refractivity (Wildman–Crippen MR) is 71.8 cm³/mol. The first-order chi connectivity index (χ1) is 7.93. The number of ketones is 1. The molecule has 94 valence electrons. The SMILES string of the molecule is CC(=O)C1CC=C(C2CC=C(C)C2(C)C)CC1. The molecule has 2 unspecified atom stereocenters. The molecule has 0 aromatic heterocycles. The maximum absolute atomic E-state index is 11.4. The third-order valence-corrected chi connectivity index (χ3v) is 5.02. The zero-order valence-electron chi connectivity index (χ0n) is 11.5. The van der Waals surface area contributed by atoms with E-state index in [1.807, 2.05) is 0 Å². The highest BCUT2D eigenvalue weighted by atomic mass is 16.1. The van der Waals surface area contributed by atoms with Crippen molar-refractivity contribution in [3.8, 4) is 0 Å². The third kappa shape index (κ3) is 2.25. The Labute approximate surface area is 105 Å². The van der Waals surface area contributed by atoms with Crippen LogP contribution in [0.5, 0.6) is 0 Å². The lowest BCUT2D eigenvalue weighted by atomic mass is 9.70. The van der Waals surface area contributed by atoms with Gasteiger partial charge in [-0.05, 0) is 50.9 Å². The maximum Gasteiger partial charge on any atom is 0.133 e. The standard InChI is InChI=1S/C16H24O/c1-11-5-10-15(16(11,3)4)14-8-6-13(7-9-14)12(2)17/h5,8,13,15H,6-7,9-10H2,1-4H3. The van der Waals surface area contributed by atoms with Crippen molar-refractivity contribution in [1.29, 1.82) is 0 Å². The third-order valence-electron chi connectivity index (χ3n) is 5.02. The molecule has 0 fully saturated rings. The molecule has 0 spiro atoms. The largest absolute Gasteiger partial charge is 0.300 e. The fourth-order valence-corrected chi connectivity index (χ4v) is 3.28. The summed E-state index contributed by atoms with van der Waals surface area (Å²) in [5, 5.41) is 0. The molecule has 2 aliphatic rings. The monoisotopic (exact) mass is 232 g/mol. The van der Waals surface area contributed by atoms with Crippen molar-refractivity contribution >= 4 is 5.78 Å². The first-order valence-electron chi connectivity index (χ1n) is 6.79. The second-order valence-electron chi connectivity index (χ2n) is 6.26. The summed E-state index contributed by atoms with van der Waals surface area (Å²) in [5.74, 6) is 1.33. The van der Waals surface area contributed by atoms with Crippen LogP contribution in [0, 0.1) is 17.3 Å². The number of rotatable bonds is 2. The average molecular weight is 232 g/mol. The van der Waals surface area contributed by atoms with E-state index in [-0.39, 0.29) is 5.92 Å². The van der Waals surface area contributed by atoms with Crippen molar-refractivity contribution in [2.75, 3.05) is 0 Å². The van der Waals surface area contributed by atoms with E-state index in [4.69, 9.17) is 0 Å². The van der Waals surface area contributed by atoms with Gasteiger partial charge >= 0.3 is 0 Å². The minimum absolute atomic E-state index is 0.289. The molecule has 0 radical (unpaired) electrons. The zero-order valence-corrected chi connectivity index (χ0v) is 11.5. The van der Waals surface area contributed by atoms with Gasteiger partial charge in [-0.15, -0.1) is 0 Å².